The van der Waals surface area contributed by atoms with Crippen LogP contribution in [0.25, 0.3) is 6.08 Å². The van der Waals surface area contributed by atoms with Gasteiger partial charge in [-0.3, -0.25) is 9.36 Å². The molecule has 0 spiro atoms. The van der Waals surface area contributed by atoms with Gasteiger partial charge in [0, 0.05) is 4.90 Å². The molecule has 0 aliphatic carbocycles. The van der Waals surface area contributed by atoms with Crippen molar-refractivity contribution in [3.05, 3.63) is 78.5 Å². The molecule has 194 valence electrons. The summed E-state index contributed by atoms with van der Waals surface area (Å²) in [5.41, 5.74) is 1.93. The second kappa shape index (κ2) is 10.9. The molecule has 0 saturated carbocycles. The first-order valence-electron chi connectivity index (χ1n) is 11.5. The largest absolute Gasteiger partial charge is 0.502 e. The van der Waals surface area contributed by atoms with Crippen LogP contribution < -0.4 is 24.4 Å². The molecule has 0 fully saturated rings. The molecule has 1 aliphatic rings. The third-order valence-corrected chi connectivity index (χ3v) is 7.54. The average molecular weight is 541 g/mol. The number of carbonyl (C=O) groups excluding carboxylic acids is 1. The first kappa shape index (κ1) is 26.6. The van der Waals surface area contributed by atoms with E-state index in [0.717, 1.165) is 10.5 Å². The molecule has 1 aromatic heterocycles. The Hall–Kier alpha value is -3.50. The van der Waals surface area contributed by atoms with Crippen molar-refractivity contribution in [2.24, 2.45) is 4.99 Å². The van der Waals surface area contributed by atoms with Gasteiger partial charge in [0.25, 0.3) is 5.56 Å². The highest BCUT2D eigenvalue weighted by molar-refractivity contribution is 7.98. The Balaban J connectivity index is 1.94. The monoisotopic (exact) mass is 540 g/mol. The van der Waals surface area contributed by atoms with Crippen LogP contribution in [-0.2, 0) is 9.53 Å². The third-order valence-electron chi connectivity index (χ3n) is 5.82. The van der Waals surface area contributed by atoms with Gasteiger partial charge in [0.2, 0.25) is 5.75 Å². The van der Waals surface area contributed by atoms with Crippen molar-refractivity contribution in [3.63, 3.8) is 0 Å². The van der Waals surface area contributed by atoms with Crippen LogP contribution in [0, 0.1) is 0 Å². The molecule has 0 radical (unpaired) electrons. The Morgan fingerprint density at radius 1 is 1.16 bits per heavy atom. The van der Waals surface area contributed by atoms with Crippen molar-refractivity contribution in [3.8, 4) is 17.2 Å². The molecule has 1 atom stereocenters. The zero-order chi connectivity index (χ0) is 26.9. The number of hydrogen-bond donors (Lipinski definition) is 1. The number of esters is 1. The van der Waals surface area contributed by atoms with Crippen LogP contribution >= 0.6 is 23.1 Å². The lowest BCUT2D eigenvalue weighted by molar-refractivity contribution is -0.143. The van der Waals surface area contributed by atoms with E-state index in [4.69, 9.17) is 14.2 Å². The van der Waals surface area contributed by atoms with Crippen molar-refractivity contribution >= 4 is 35.1 Å². The molecule has 1 aliphatic heterocycles. The number of thiazole rings is 1. The Bertz CT molecular complexity index is 1530. The standard InChI is InChI=1S/C27H28N2O6S2/c1-14(2)35-26(32)22-15(3)28-27-29(23(22)17-7-9-18(36-6)10-8-17)25(31)21(37-27)13-16-11-19(33-4)24(30)20(12-16)34-5/h7-14,23,30H,1-6H3/b21-13+/t23-/m0/s1. The minimum absolute atomic E-state index is 0.124. The highest BCUT2D eigenvalue weighted by atomic mass is 32.2. The zero-order valence-corrected chi connectivity index (χ0v) is 23.0. The lowest BCUT2D eigenvalue weighted by Crippen LogP contribution is -2.40. The molecular weight excluding hydrogens is 512 g/mol. The quantitative estimate of drug-likeness (QED) is 0.361. The normalized spacial score (nSPS) is 15.4. The number of fused-ring (bicyclic) bond motifs is 1. The van der Waals surface area contributed by atoms with E-state index in [9.17, 15) is 14.7 Å². The predicted octanol–water partition coefficient (Wildman–Crippen LogP) is 3.63. The molecule has 0 saturated heterocycles. The Morgan fingerprint density at radius 3 is 2.32 bits per heavy atom. The summed E-state index contributed by atoms with van der Waals surface area (Å²) in [5, 5.41) is 10.2. The van der Waals surface area contributed by atoms with Gasteiger partial charge in [-0.25, -0.2) is 9.79 Å². The first-order valence-corrected chi connectivity index (χ1v) is 13.5. The molecule has 37 heavy (non-hydrogen) atoms. The fourth-order valence-corrected chi connectivity index (χ4v) is 5.57. The van der Waals surface area contributed by atoms with Gasteiger partial charge in [0.05, 0.1) is 42.2 Å². The number of phenols is 1. The summed E-state index contributed by atoms with van der Waals surface area (Å²) < 4.78 is 18.0. The summed E-state index contributed by atoms with van der Waals surface area (Å²) in [4.78, 5) is 33.2. The maximum absolute atomic E-state index is 13.8. The van der Waals surface area contributed by atoms with E-state index in [2.05, 4.69) is 4.99 Å². The van der Waals surface area contributed by atoms with E-state index in [1.54, 1.807) is 55.3 Å². The lowest BCUT2D eigenvalue weighted by atomic mass is 9.96. The topological polar surface area (TPSA) is 99.4 Å². The number of phenolic OH excluding ortho intramolecular Hbond substituents is 1. The molecule has 10 heteroatoms. The molecular formula is C27H28N2O6S2. The maximum Gasteiger partial charge on any atom is 0.338 e. The van der Waals surface area contributed by atoms with Crippen LogP contribution in [0.4, 0.5) is 0 Å². The number of allylic oxidation sites excluding steroid dienone is 1. The first-order chi connectivity index (χ1) is 17.7. The average Bonchev–Trinajstić information content (AvgIpc) is 3.17. The maximum atomic E-state index is 13.8. The highest BCUT2D eigenvalue weighted by Crippen LogP contribution is 2.37. The number of carbonyl (C=O) groups is 1. The minimum Gasteiger partial charge on any atom is -0.502 e. The second-order valence-corrected chi connectivity index (χ2v) is 10.5. The van der Waals surface area contributed by atoms with Crippen molar-refractivity contribution in [1.29, 1.82) is 0 Å². The van der Waals surface area contributed by atoms with Gasteiger partial charge >= 0.3 is 5.97 Å². The summed E-state index contributed by atoms with van der Waals surface area (Å²) in [6.45, 7) is 5.32. The third kappa shape index (κ3) is 5.17. The van der Waals surface area contributed by atoms with Crippen molar-refractivity contribution in [2.75, 3.05) is 20.5 Å². The number of ether oxygens (including phenoxy) is 3. The summed E-state index contributed by atoms with van der Waals surface area (Å²) >= 11 is 2.83. The molecule has 4 rings (SSSR count). The van der Waals surface area contributed by atoms with Gasteiger partial charge in [0.1, 0.15) is 0 Å². The molecule has 8 nitrogen and oxygen atoms in total. The van der Waals surface area contributed by atoms with E-state index < -0.39 is 12.0 Å². The van der Waals surface area contributed by atoms with Gasteiger partial charge in [-0.15, -0.1) is 11.8 Å². The van der Waals surface area contributed by atoms with E-state index in [1.165, 1.54) is 25.6 Å². The van der Waals surface area contributed by atoms with Gasteiger partial charge in [-0.05, 0) is 68.5 Å². The van der Waals surface area contributed by atoms with Crippen LogP contribution in [0.3, 0.4) is 0 Å². The van der Waals surface area contributed by atoms with E-state index in [0.29, 0.717) is 26.2 Å². The number of hydrogen-bond acceptors (Lipinski definition) is 9. The number of rotatable bonds is 7. The molecule has 1 N–H and O–H groups in total. The fourth-order valence-electron chi connectivity index (χ4n) is 4.11. The molecule has 0 bridgehead atoms. The summed E-state index contributed by atoms with van der Waals surface area (Å²) in [5.74, 6) is -0.182. The summed E-state index contributed by atoms with van der Waals surface area (Å²) in [6.07, 6.45) is 3.35. The summed E-state index contributed by atoms with van der Waals surface area (Å²) in [7, 11) is 2.88. The number of methoxy groups -OCH3 is 2. The van der Waals surface area contributed by atoms with Crippen LogP contribution in [0.5, 0.6) is 17.2 Å². The number of thioether (sulfide) groups is 1. The second-order valence-electron chi connectivity index (χ2n) is 8.58. The van der Waals surface area contributed by atoms with E-state index in [1.807, 2.05) is 30.5 Å². The molecule has 0 unspecified atom stereocenters. The Labute approximate surface area is 222 Å². The Kier molecular flexibility index (Phi) is 7.79. The number of benzene rings is 2. The molecule has 3 aromatic rings. The minimum atomic E-state index is -0.690. The van der Waals surface area contributed by atoms with Crippen LogP contribution in [-0.4, -0.2) is 42.2 Å². The zero-order valence-electron chi connectivity index (χ0n) is 21.4. The van der Waals surface area contributed by atoms with Crippen molar-refractivity contribution in [1.82, 2.24) is 4.57 Å². The molecule has 2 aromatic carbocycles. The number of nitrogens with zero attached hydrogens (tertiary/aromatic N) is 2. The van der Waals surface area contributed by atoms with Gasteiger partial charge < -0.3 is 19.3 Å². The summed E-state index contributed by atoms with van der Waals surface area (Å²) in [6, 6.07) is 10.3. The number of aromatic nitrogens is 1. The molecule has 2 heterocycles. The van der Waals surface area contributed by atoms with Crippen LogP contribution in [0.2, 0.25) is 0 Å². The van der Waals surface area contributed by atoms with Crippen molar-refractivity contribution in [2.45, 2.75) is 37.8 Å². The van der Waals surface area contributed by atoms with Crippen LogP contribution in [0.15, 0.2) is 62.4 Å². The SMILES string of the molecule is COc1cc(/C=c2/sc3n(c2=O)[C@@H](c2ccc(SC)cc2)C(C(=O)OC(C)C)=C(C)N=3)cc(OC)c1O. The fraction of sp³-hybridized carbons (Fsp3) is 0.296. The highest BCUT2D eigenvalue weighted by Gasteiger charge is 2.33. The van der Waals surface area contributed by atoms with Crippen LogP contribution in [0.1, 0.15) is 37.9 Å². The van der Waals surface area contributed by atoms with Gasteiger partial charge in [-0.2, -0.15) is 0 Å². The van der Waals surface area contributed by atoms with Gasteiger partial charge in [0.15, 0.2) is 16.3 Å². The smallest absolute Gasteiger partial charge is 0.338 e. The van der Waals surface area contributed by atoms with Crippen molar-refractivity contribution < 1.29 is 24.1 Å². The Morgan fingerprint density at radius 2 is 1.78 bits per heavy atom. The predicted molar refractivity (Wildman–Crippen MR) is 144 cm³/mol. The van der Waals surface area contributed by atoms with Gasteiger partial charge in [-0.1, -0.05) is 23.5 Å². The van der Waals surface area contributed by atoms with E-state index in [-0.39, 0.29) is 28.9 Å². The van der Waals surface area contributed by atoms with E-state index >= 15 is 0 Å². The molecule has 0 amide bonds. The lowest BCUT2D eigenvalue weighted by Gasteiger charge is -2.25. The number of aromatic hydroxyl groups is 1.